The van der Waals surface area contributed by atoms with Gasteiger partial charge in [0.25, 0.3) is 0 Å². The standard InChI is InChI=1S/C18H13ClN6O/c1-11-8-13(4-3-5-20)9-12(2)15(11)26-17-14-10-25(7-6-21)24-16(14)22-18(19)23-17/h3-4,8-10H,7H2,1-2H3/b4-3+. The van der Waals surface area contributed by atoms with Crippen molar-refractivity contribution < 1.29 is 4.74 Å². The van der Waals surface area contributed by atoms with Gasteiger partial charge in [-0.05, 0) is 60.3 Å². The molecule has 26 heavy (non-hydrogen) atoms. The van der Waals surface area contributed by atoms with E-state index in [-0.39, 0.29) is 17.7 Å². The number of fused-ring (bicyclic) bond motifs is 1. The first-order valence-corrected chi connectivity index (χ1v) is 8.02. The number of aromatic nitrogens is 4. The van der Waals surface area contributed by atoms with Crippen LogP contribution in [-0.4, -0.2) is 19.7 Å². The van der Waals surface area contributed by atoms with Crippen LogP contribution in [0.25, 0.3) is 17.1 Å². The second kappa shape index (κ2) is 7.22. The smallest absolute Gasteiger partial charge is 0.234 e. The van der Waals surface area contributed by atoms with E-state index in [0.29, 0.717) is 16.8 Å². The molecule has 0 amide bonds. The van der Waals surface area contributed by atoms with Crippen LogP contribution in [0, 0.1) is 36.5 Å². The molecule has 0 unspecified atom stereocenters. The van der Waals surface area contributed by atoms with Crippen molar-refractivity contribution >= 4 is 28.7 Å². The monoisotopic (exact) mass is 364 g/mol. The van der Waals surface area contributed by atoms with Gasteiger partial charge in [0.2, 0.25) is 11.2 Å². The summed E-state index contributed by atoms with van der Waals surface area (Å²) in [4.78, 5) is 8.23. The number of halogens is 1. The highest BCUT2D eigenvalue weighted by atomic mass is 35.5. The van der Waals surface area contributed by atoms with Gasteiger partial charge in [-0.15, -0.1) is 0 Å². The van der Waals surface area contributed by atoms with Gasteiger partial charge in [-0.3, -0.25) is 4.68 Å². The fourth-order valence-electron chi connectivity index (χ4n) is 2.60. The zero-order valence-electron chi connectivity index (χ0n) is 14.1. The molecule has 2 heterocycles. The highest BCUT2D eigenvalue weighted by Gasteiger charge is 2.15. The molecule has 0 atom stereocenters. The summed E-state index contributed by atoms with van der Waals surface area (Å²) < 4.78 is 7.48. The first kappa shape index (κ1) is 17.4. The maximum Gasteiger partial charge on any atom is 0.234 e. The van der Waals surface area contributed by atoms with E-state index in [9.17, 15) is 0 Å². The predicted octanol–water partition coefficient (Wildman–Crippen LogP) is 3.95. The Bertz CT molecular complexity index is 1080. The molecule has 1 aromatic carbocycles. The highest BCUT2D eigenvalue weighted by Crippen LogP contribution is 2.33. The lowest BCUT2D eigenvalue weighted by Crippen LogP contribution is -1.96. The number of ether oxygens (including phenoxy) is 1. The van der Waals surface area contributed by atoms with E-state index in [2.05, 4.69) is 15.1 Å². The molecular formula is C18H13ClN6O. The maximum absolute atomic E-state index is 8.83. The molecule has 0 bridgehead atoms. The fraction of sp³-hybridized carbons (Fsp3) is 0.167. The summed E-state index contributed by atoms with van der Waals surface area (Å²) in [6.07, 6.45) is 4.81. The van der Waals surface area contributed by atoms with Gasteiger partial charge in [-0.1, -0.05) is 0 Å². The summed E-state index contributed by atoms with van der Waals surface area (Å²) in [6.45, 7) is 3.90. The van der Waals surface area contributed by atoms with Gasteiger partial charge in [0.05, 0.1) is 12.1 Å². The largest absolute Gasteiger partial charge is 0.438 e. The maximum atomic E-state index is 8.83. The molecule has 0 radical (unpaired) electrons. The van der Waals surface area contributed by atoms with Gasteiger partial charge in [-0.25, -0.2) is 0 Å². The second-order valence-electron chi connectivity index (χ2n) is 5.57. The van der Waals surface area contributed by atoms with Gasteiger partial charge in [-0.2, -0.15) is 25.6 Å². The Labute approximate surface area is 154 Å². The van der Waals surface area contributed by atoms with Gasteiger partial charge >= 0.3 is 0 Å². The summed E-state index contributed by atoms with van der Waals surface area (Å²) in [5.41, 5.74) is 3.03. The van der Waals surface area contributed by atoms with Gasteiger partial charge in [0, 0.05) is 12.3 Å². The SMILES string of the molecule is Cc1cc(/C=C/C#N)cc(C)c1Oc1nc(Cl)nc2nn(CC#N)cc12. The van der Waals surface area contributed by atoms with Crippen LogP contribution in [0.15, 0.2) is 24.4 Å². The van der Waals surface area contributed by atoms with Crippen LogP contribution < -0.4 is 4.74 Å². The molecule has 0 fully saturated rings. The van der Waals surface area contributed by atoms with Crippen LogP contribution in [0.2, 0.25) is 5.28 Å². The van der Waals surface area contributed by atoms with E-state index in [4.69, 9.17) is 26.9 Å². The van der Waals surface area contributed by atoms with E-state index in [0.717, 1.165) is 16.7 Å². The average Bonchev–Trinajstić information content (AvgIpc) is 2.98. The first-order valence-electron chi connectivity index (χ1n) is 7.64. The zero-order valence-corrected chi connectivity index (χ0v) is 14.8. The molecule has 0 spiro atoms. The normalized spacial score (nSPS) is 10.8. The fourth-order valence-corrected chi connectivity index (χ4v) is 2.76. The number of hydrogen-bond donors (Lipinski definition) is 0. The third-order valence-corrected chi connectivity index (χ3v) is 3.80. The van der Waals surface area contributed by atoms with Crippen molar-refractivity contribution in [3.8, 4) is 23.8 Å². The Balaban J connectivity index is 2.05. The summed E-state index contributed by atoms with van der Waals surface area (Å²) in [6, 6.07) is 7.82. The van der Waals surface area contributed by atoms with Crippen LogP contribution >= 0.6 is 11.6 Å². The third-order valence-electron chi connectivity index (χ3n) is 3.63. The third kappa shape index (κ3) is 3.49. The van der Waals surface area contributed by atoms with E-state index >= 15 is 0 Å². The Morgan fingerprint density at radius 1 is 1.23 bits per heavy atom. The van der Waals surface area contributed by atoms with E-state index in [1.54, 1.807) is 12.3 Å². The van der Waals surface area contributed by atoms with Crippen molar-refractivity contribution in [2.24, 2.45) is 0 Å². The molecule has 0 aliphatic rings. The average molecular weight is 365 g/mol. The number of benzene rings is 1. The van der Waals surface area contributed by atoms with Crippen molar-refractivity contribution in [3.05, 3.63) is 46.4 Å². The molecule has 128 valence electrons. The highest BCUT2D eigenvalue weighted by molar-refractivity contribution is 6.28. The molecule has 0 aliphatic carbocycles. The van der Waals surface area contributed by atoms with Crippen LogP contribution in [0.1, 0.15) is 16.7 Å². The summed E-state index contributed by atoms with van der Waals surface area (Å²) in [5.74, 6) is 0.916. The Hall–Kier alpha value is -3.42. The lowest BCUT2D eigenvalue weighted by molar-refractivity contribution is 0.461. The van der Waals surface area contributed by atoms with Crippen LogP contribution in [0.5, 0.6) is 11.6 Å². The molecule has 0 saturated heterocycles. The zero-order chi connectivity index (χ0) is 18.7. The van der Waals surface area contributed by atoms with Crippen molar-refractivity contribution in [2.45, 2.75) is 20.4 Å². The summed E-state index contributed by atoms with van der Waals surface area (Å²) in [5, 5.41) is 22.3. The van der Waals surface area contributed by atoms with Crippen LogP contribution in [-0.2, 0) is 6.54 Å². The minimum atomic E-state index is 0.0126. The van der Waals surface area contributed by atoms with Gasteiger partial charge < -0.3 is 4.74 Å². The van der Waals surface area contributed by atoms with Crippen molar-refractivity contribution in [2.75, 3.05) is 0 Å². The van der Waals surface area contributed by atoms with E-state index < -0.39 is 0 Å². The van der Waals surface area contributed by atoms with Gasteiger partial charge in [0.1, 0.15) is 17.7 Å². The van der Waals surface area contributed by atoms with E-state index in [1.807, 2.05) is 38.1 Å². The summed E-state index contributed by atoms with van der Waals surface area (Å²) >= 11 is 5.98. The Morgan fingerprint density at radius 2 is 1.96 bits per heavy atom. The van der Waals surface area contributed by atoms with Crippen molar-refractivity contribution in [3.63, 3.8) is 0 Å². The topological polar surface area (TPSA) is 100 Å². The quantitative estimate of drug-likeness (QED) is 0.513. The molecule has 3 aromatic rings. The Morgan fingerprint density at radius 3 is 2.62 bits per heavy atom. The molecule has 3 rings (SSSR count). The molecule has 0 saturated carbocycles. The number of aryl methyl sites for hydroxylation is 2. The second-order valence-corrected chi connectivity index (χ2v) is 5.91. The number of nitriles is 2. The van der Waals surface area contributed by atoms with Crippen LogP contribution in [0.3, 0.4) is 0 Å². The molecule has 7 nitrogen and oxygen atoms in total. The van der Waals surface area contributed by atoms with Crippen molar-refractivity contribution in [1.82, 2.24) is 19.7 Å². The minimum absolute atomic E-state index is 0.0126. The van der Waals surface area contributed by atoms with Gasteiger partial charge in [0.15, 0.2) is 5.65 Å². The van der Waals surface area contributed by atoms with E-state index in [1.165, 1.54) is 10.8 Å². The molecular weight excluding hydrogens is 352 g/mol. The van der Waals surface area contributed by atoms with Crippen molar-refractivity contribution in [1.29, 1.82) is 10.5 Å². The molecule has 0 N–H and O–H groups in total. The number of rotatable bonds is 4. The number of allylic oxidation sites excluding steroid dienone is 1. The lowest BCUT2D eigenvalue weighted by Gasteiger charge is -2.12. The van der Waals surface area contributed by atoms with Crippen LogP contribution in [0.4, 0.5) is 0 Å². The molecule has 2 aromatic heterocycles. The minimum Gasteiger partial charge on any atom is -0.438 e. The predicted molar refractivity (Wildman–Crippen MR) is 96.6 cm³/mol. The number of nitrogens with zero attached hydrogens (tertiary/aromatic N) is 6. The molecule has 0 aliphatic heterocycles. The molecule has 8 heteroatoms. The lowest BCUT2D eigenvalue weighted by atomic mass is 10.1. The summed E-state index contributed by atoms with van der Waals surface area (Å²) in [7, 11) is 0. The first-order chi connectivity index (χ1) is 12.5. The number of hydrogen-bond acceptors (Lipinski definition) is 6. The Kier molecular flexibility index (Phi) is 4.83.